The van der Waals surface area contributed by atoms with E-state index >= 15 is 0 Å². The lowest BCUT2D eigenvalue weighted by atomic mass is 10.1. The summed E-state index contributed by atoms with van der Waals surface area (Å²) in [6.45, 7) is 2.09. The molecule has 126 valence electrons. The molecule has 0 heterocycles. The quantitative estimate of drug-likeness (QED) is 0.786. The van der Waals surface area contributed by atoms with Crippen molar-refractivity contribution in [3.8, 4) is 0 Å². The van der Waals surface area contributed by atoms with E-state index in [-0.39, 0.29) is 18.5 Å². The number of anilines is 1. The van der Waals surface area contributed by atoms with Gasteiger partial charge in [0.05, 0.1) is 19.2 Å². The van der Waals surface area contributed by atoms with Crippen LogP contribution in [0.3, 0.4) is 0 Å². The number of methoxy groups -OCH3 is 1. The third-order valence-corrected chi connectivity index (χ3v) is 3.87. The maximum Gasteiger partial charge on any atom is 0.337 e. The zero-order valence-corrected chi connectivity index (χ0v) is 14.3. The van der Waals surface area contributed by atoms with E-state index in [1.165, 1.54) is 7.11 Å². The first-order valence-corrected chi connectivity index (χ1v) is 7.85. The van der Waals surface area contributed by atoms with Crippen molar-refractivity contribution in [2.75, 3.05) is 19.0 Å². The Morgan fingerprint density at radius 3 is 2.42 bits per heavy atom. The molecule has 0 spiro atoms. The van der Waals surface area contributed by atoms with Gasteiger partial charge in [-0.15, -0.1) is 0 Å². The molecule has 1 atom stereocenters. The van der Waals surface area contributed by atoms with E-state index in [2.05, 4.69) is 15.4 Å². The molecular weight excluding hydrogens is 328 g/mol. The fourth-order valence-electron chi connectivity index (χ4n) is 2.19. The van der Waals surface area contributed by atoms with Gasteiger partial charge in [-0.3, -0.25) is 4.79 Å². The normalized spacial score (nSPS) is 11.6. The second kappa shape index (κ2) is 8.47. The molecule has 6 heteroatoms. The number of nitrogens with one attached hydrogen (secondary N) is 2. The van der Waals surface area contributed by atoms with Crippen molar-refractivity contribution in [2.45, 2.75) is 13.0 Å². The molecule has 0 aliphatic rings. The Kier molecular flexibility index (Phi) is 6.35. The van der Waals surface area contributed by atoms with Gasteiger partial charge >= 0.3 is 5.97 Å². The van der Waals surface area contributed by atoms with Gasteiger partial charge < -0.3 is 15.4 Å². The van der Waals surface area contributed by atoms with Crippen molar-refractivity contribution in [1.29, 1.82) is 0 Å². The van der Waals surface area contributed by atoms with Crippen molar-refractivity contribution >= 4 is 29.2 Å². The van der Waals surface area contributed by atoms with Crippen LogP contribution in [0.5, 0.6) is 0 Å². The second-order valence-electron chi connectivity index (χ2n) is 5.24. The number of benzene rings is 2. The summed E-state index contributed by atoms with van der Waals surface area (Å²) < 4.78 is 4.63. The summed E-state index contributed by atoms with van der Waals surface area (Å²) >= 11 is 6.14. The lowest BCUT2D eigenvalue weighted by Crippen LogP contribution is -2.30. The van der Waals surface area contributed by atoms with E-state index in [9.17, 15) is 9.59 Å². The van der Waals surface area contributed by atoms with Crippen LogP contribution in [0.25, 0.3) is 0 Å². The van der Waals surface area contributed by atoms with Gasteiger partial charge in [0.15, 0.2) is 0 Å². The van der Waals surface area contributed by atoms with Gasteiger partial charge in [0.2, 0.25) is 5.91 Å². The Labute approximate surface area is 146 Å². The maximum atomic E-state index is 12.0. The molecule has 24 heavy (non-hydrogen) atoms. The molecule has 2 N–H and O–H groups in total. The van der Waals surface area contributed by atoms with Gasteiger partial charge in [0, 0.05) is 16.8 Å². The minimum Gasteiger partial charge on any atom is -0.465 e. The van der Waals surface area contributed by atoms with Gasteiger partial charge in [-0.1, -0.05) is 29.8 Å². The zero-order chi connectivity index (χ0) is 17.5. The number of halogens is 1. The fourth-order valence-corrected chi connectivity index (χ4v) is 2.49. The first-order valence-electron chi connectivity index (χ1n) is 7.47. The van der Waals surface area contributed by atoms with E-state index in [4.69, 9.17) is 11.6 Å². The predicted octanol–water partition coefficient (Wildman–Crippen LogP) is 3.42. The SMILES string of the molecule is COC(=O)c1ccc(NC(=O)CN[C@H](C)c2ccccc2Cl)cc1. The summed E-state index contributed by atoms with van der Waals surface area (Å²) in [6, 6.07) is 14.0. The minimum absolute atomic E-state index is 0.0499. The van der Waals surface area contributed by atoms with E-state index in [0.717, 1.165) is 5.56 Å². The monoisotopic (exact) mass is 346 g/mol. The largest absolute Gasteiger partial charge is 0.465 e. The number of hydrogen-bond acceptors (Lipinski definition) is 4. The number of amides is 1. The molecule has 0 aliphatic heterocycles. The molecule has 0 fully saturated rings. The van der Waals surface area contributed by atoms with Crippen LogP contribution in [0.2, 0.25) is 5.02 Å². The summed E-state index contributed by atoms with van der Waals surface area (Å²) in [7, 11) is 1.32. The van der Waals surface area contributed by atoms with Gasteiger partial charge in [-0.05, 0) is 42.8 Å². The first-order chi connectivity index (χ1) is 11.5. The Morgan fingerprint density at radius 1 is 1.12 bits per heavy atom. The summed E-state index contributed by atoms with van der Waals surface area (Å²) in [5, 5.41) is 6.55. The molecule has 0 unspecified atom stereocenters. The van der Waals surface area contributed by atoms with Crippen LogP contribution in [-0.2, 0) is 9.53 Å². The van der Waals surface area contributed by atoms with Crippen molar-refractivity contribution in [3.63, 3.8) is 0 Å². The number of esters is 1. The third-order valence-electron chi connectivity index (χ3n) is 3.53. The molecule has 0 saturated carbocycles. The van der Waals surface area contributed by atoms with Crippen LogP contribution >= 0.6 is 11.6 Å². The van der Waals surface area contributed by atoms with Gasteiger partial charge in [-0.2, -0.15) is 0 Å². The average molecular weight is 347 g/mol. The highest BCUT2D eigenvalue weighted by Crippen LogP contribution is 2.21. The number of carbonyl (C=O) groups excluding carboxylic acids is 2. The topological polar surface area (TPSA) is 67.4 Å². The van der Waals surface area contributed by atoms with Crippen LogP contribution in [0.4, 0.5) is 5.69 Å². The van der Waals surface area contributed by atoms with Gasteiger partial charge in [0.25, 0.3) is 0 Å². The Morgan fingerprint density at radius 2 is 1.79 bits per heavy atom. The number of rotatable bonds is 6. The third kappa shape index (κ3) is 4.81. The lowest BCUT2D eigenvalue weighted by molar-refractivity contribution is -0.115. The molecule has 2 aromatic carbocycles. The van der Waals surface area contributed by atoms with Gasteiger partial charge in [-0.25, -0.2) is 4.79 Å². The van der Waals surface area contributed by atoms with Crippen LogP contribution in [0, 0.1) is 0 Å². The van der Waals surface area contributed by atoms with Crippen LogP contribution in [0.15, 0.2) is 48.5 Å². The predicted molar refractivity (Wildman–Crippen MR) is 94.3 cm³/mol. The number of ether oxygens (including phenoxy) is 1. The minimum atomic E-state index is -0.414. The molecular formula is C18H19ClN2O3. The summed E-state index contributed by atoms with van der Waals surface area (Å²) in [5.41, 5.74) is 1.98. The molecule has 0 aromatic heterocycles. The molecule has 2 rings (SSSR count). The Hall–Kier alpha value is -2.37. The summed E-state index contributed by atoms with van der Waals surface area (Å²) in [4.78, 5) is 23.4. The molecule has 1 amide bonds. The van der Waals surface area contributed by atoms with Crippen molar-refractivity contribution in [2.24, 2.45) is 0 Å². The van der Waals surface area contributed by atoms with Crippen molar-refractivity contribution in [1.82, 2.24) is 5.32 Å². The summed E-state index contributed by atoms with van der Waals surface area (Å²) in [5.74, 6) is -0.595. The van der Waals surface area contributed by atoms with Gasteiger partial charge in [0.1, 0.15) is 0 Å². The van der Waals surface area contributed by atoms with E-state index in [1.807, 2.05) is 31.2 Å². The first kappa shape index (κ1) is 18.0. The standard InChI is InChI=1S/C18H19ClN2O3/c1-12(15-5-3-4-6-16(15)19)20-11-17(22)21-14-9-7-13(8-10-14)18(23)24-2/h3-10,12,20H,11H2,1-2H3,(H,21,22)/t12-/m1/s1. The molecule has 2 aromatic rings. The van der Waals surface area contributed by atoms with Crippen molar-refractivity contribution in [3.05, 3.63) is 64.7 Å². The second-order valence-corrected chi connectivity index (χ2v) is 5.65. The van der Waals surface area contributed by atoms with Crippen LogP contribution in [0.1, 0.15) is 28.9 Å². The lowest BCUT2D eigenvalue weighted by Gasteiger charge is -2.15. The highest BCUT2D eigenvalue weighted by molar-refractivity contribution is 6.31. The molecule has 0 saturated heterocycles. The average Bonchev–Trinajstić information content (AvgIpc) is 2.60. The van der Waals surface area contributed by atoms with E-state index in [0.29, 0.717) is 16.3 Å². The Balaban J connectivity index is 1.87. The highest BCUT2D eigenvalue weighted by atomic mass is 35.5. The molecule has 0 aliphatic carbocycles. The Bertz CT molecular complexity index is 716. The van der Waals surface area contributed by atoms with E-state index < -0.39 is 5.97 Å². The summed E-state index contributed by atoms with van der Waals surface area (Å²) in [6.07, 6.45) is 0. The van der Waals surface area contributed by atoms with Crippen LogP contribution in [-0.4, -0.2) is 25.5 Å². The molecule has 0 radical (unpaired) electrons. The maximum absolute atomic E-state index is 12.0. The number of carbonyl (C=O) groups is 2. The highest BCUT2D eigenvalue weighted by Gasteiger charge is 2.11. The number of hydrogen-bond donors (Lipinski definition) is 2. The molecule has 0 bridgehead atoms. The van der Waals surface area contributed by atoms with Crippen molar-refractivity contribution < 1.29 is 14.3 Å². The fraction of sp³-hybridized carbons (Fsp3) is 0.222. The molecule has 5 nitrogen and oxygen atoms in total. The van der Waals surface area contributed by atoms with Crippen LogP contribution < -0.4 is 10.6 Å². The zero-order valence-electron chi connectivity index (χ0n) is 13.5. The van der Waals surface area contributed by atoms with E-state index in [1.54, 1.807) is 24.3 Å². The smallest absolute Gasteiger partial charge is 0.337 e.